The summed E-state index contributed by atoms with van der Waals surface area (Å²) < 4.78 is 28.9. The monoisotopic (exact) mass is 332 g/mol. The van der Waals surface area contributed by atoms with Crippen molar-refractivity contribution >= 4 is 5.91 Å². The van der Waals surface area contributed by atoms with Gasteiger partial charge in [-0.2, -0.15) is 10.4 Å². The maximum Gasteiger partial charge on any atom is 0.258 e. The Hall–Kier alpha value is -2.75. The van der Waals surface area contributed by atoms with Crippen LogP contribution in [-0.4, -0.2) is 34.2 Å². The number of benzene rings is 1. The molecule has 0 aliphatic carbocycles. The zero-order valence-electron chi connectivity index (χ0n) is 14.0. The van der Waals surface area contributed by atoms with Gasteiger partial charge in [0.1, 0.15) is 23.9 Å². The molecule has 0 aliphatic rings. The highest BCUT2D eigenvalue weighted by Gasteiger charge is 2.26. The van der Waals surface area contributed by atoms with Crippen LogP contribution in [-0.2, 0) is 5.54 Å². The molecule has 0 bridgehead atoms. The predicted molar refractivity (Wildman–Crippen MR) is 85.1 cm³/mol. The molecule has 1 heterocycles. The van der Waals surface area contributed by atoms with E-state index in [0.29, 0.717) is 0 Å². The van der Waals surface area contributed by atoms with Gasteiger partial charge in [-0.1, -0.05) is 0 Å². The van der Waals surface area contributed by atoms with Crippen molar-refractivity contribution in [3.63, 3.8) is 0 Å². The average Bonchev–Trinajstić information content (AvgIpc) is 2.91. The average molecular weight is 332 g/mol. The summed E-state index contributed by atoms with van der Waals surface area (Å²) >= 11 is 0. The fourth-order valence-electron chi connectivity index (χ4n) is 2.14. The first kappa shape index (κ1) is 17.6. The quantitative estimate of drug-likeness (QED) is 0.811. The molecule has 0 saturated heterocycles. The van der Waals surface area contributed by atoms with Crippen LogP contribution in [0.3, 0.4) is 0 Å². The second kappa shape index (κ2) is 6.40. The molecule has 1 aromatic carbocycles. The van der Waals surface area contributed by atoms with Gasteiger partial charge in [0.05, 0.1) is 17.2 Å². The standard InChI is InChI=1S/C17H18F2N4O/c1-17(2,3)23-10-13(16(24)22(4)8-7-20)15(21-23)12-6-5-11(18)9-14(12)19/h5-6,9-10H,8H2,1-4H3. The van der Waals surface area contributed by atoms with Crippen LogP contribution < -0.4 is 0 Å². The Balaban J connectivity index is 2.63. The number of rotatable bonds is 3. The SMILES string of the molecule is CN(CC#N)C(=O)c1cn(C(C)(C)C)nc1-c1ccc(F)cc1F. The number of hydrogen-bond acceptors (Lipinski definition) is 3. The molecule has 0 fully saturated rings. The van der Waals surface area contributed by atoms with Gasteiger partial charge in [0.15, 0.2) is 0 Å². The van der Waals surface area contributed by atoms with Crippen molar-refractivity contribution in [1.29, 1.82) is 5.26 Å². The van der Waals surface area contributed by atoms with Crippen molar-refractivity contribution in [1.82, 2.24) is 14.7 Å². The number of amides is 1. The first-order valence-corrected chi connectivity index (χ1v) is 7.33. The fraction of sp³-hybridized carbons (Fsp3) is 0.353. The van der Waals surface area contributed by atoms with Crippen LogP contribution in [0.1, 0.15) is 31.1 Å². The minimum atomic E-state index is -0.800. The van der Waals surface area contributed by atoms with Crippen LogP contribution in [0.2, 0.25) is 0 Å². The van der Waals surface area contributed by atoms with Gasteiger partial charge in [-0.05, 0) is 32.9 Å². The van der Waals surface area contributed by atoms with Crippen molar-refractivity contribution in [3.8, 4) is 17.3 Å². The molecule has 0 radical (unpaired) electrons. The second-order valence-corrected chi connectivity index (χ2v) is 6.45. The Morgan fingerprint density at radius 1 is 1.38 bits per heavy atom. The summed E-state index contributed by atoms with van der Waals surface area (Å²) in [7, 11) is 1.48. The molecule has 2 rings (SSSR count). The van der Waals surface area contributed by atoms with Gasteiger partial charge in [-0.15, -0.1) is 0 Å². The summed E-state index contributed by atoms with van der Waals surface area (Å²) in [6.45, 7) is 5.55. The Morgan fingerprint density at radius 3 is 2.58 bits per heavy atom. The molecule has 0 spiro atoms. The van der Waals surface area contributed by atoms with Crippen LogP contribution in [0.25, 0.3) is 11.3 Å². The number of nitriles is 1. The topological polar surface area (TPSA) is 61.9 Å². The van der Waals surface area contributed by atoms with Crippen LogP contribution >= 0.6 is 0 Å². The van der Waals surface area contributed by atoms with E-state index in [1.165, 1.54) is 24.2 Å². The summed E-state index contributed by atoms with van der Waals surface area (Å²) in [4.78, 5) is 13.8. The second-order valence-electron chi connectivity index (χ2n) is 6.45. The number of halogens is 2. The molecule has 2 aromatic rings. The predicted octanol–water partition coefficient (Wildman–Crippen LogP) is 3.18. The van der Waals surface area contributed by atoms with Gasteiger partial charge in [0.25, 0.3) is 5.91 Å². The van der Waals surface area contributed by atoms with Gasteiger partial charge in [-0.3, -0.25) is 9.48 Å². The van der Waals surface area contributed by atoms with Crippen LogP contribution in [0.5, 0.6) is 0 Å². The molecule has 7 heteroatoms. The lowest BCUT2D eigenvalue weighted by atomic mass is 10.1. The van der Waals surface area contributed by atoms with E-state index in [2.05, 4.69) is 5.10 Å². The van der Waals surface area contributed by atoms with Crippen molar-refractivity contribution in [3.05, 3.63) is 41.6 Å². The number of aromatic nitrogens is 2. The van der Waals surface area contributed by atoms with E-state index in [-0.39, 0.29) is 23.4 Å². The van der Waals surface area contributed by atoms with Crippen LogP contribution in [0.4, 0.5) is 8.78 Å². The molecular formula is C17H18F2N4O. The summed E-state index contributed by atoms with van der Waals surface area (Å²) in [5, 5.41) is 13.1. The molecule has 24 heavy (non-hydrogen) atoms. The first-order chi connectivity index (χ1) is 11.1. The van der Waals surface area contributed by atoms with E-state index in [4.69, 9.17) is 5.26 Å². The molecule has 1 amide bonds. The van der Waals surface area contributed by atoms with Crippen LogP contribution in [0.15, 0.2) is 24.4 Å². The van der Waals surface area contributed by atoms with E-state index in [9.17, 15) is 13.6 Å². The van der Waals surface area contributed by atoms with Crippen molar-refractivity contribution in [2.45, 2.75) is 26.3 Å². The fourth-order valence-corrected chi connectivity index (χ4v) is 2.14. The van der Waals surface area contributed by atoms with E-state index < -0.39 is 23.1 Å². The Labute approximate surface area is 139 Å². The van der Waals surface area contributed by atoms with Gasteiger partial charge >= 0.3 is 0 Å². The van der Waals surface area contributed by atoms with E-state index >= 15 is 0 Å². The van der Waals surface area contributed by atoms with Crippen molar-refractivity contribution in [2.24, 2.45) is 0 Å². The normalized spacial score (nSPS) is 11.2. The number of carbonyl (C=O) groups is 1. The van der Waals surface area contributed by atoms with Crippen molar-refractivity contribution < 1.29 is 13.6 Å². The highest BCUT2D eigenvalue weighted by molar-refractivity contribution is 5.99. The first-order valence-electron chi connectivity index (χ1n) is 7.33. The number of hydrogen-bond donors (Lipinski definition) is 0. The van der Waals surface area contributed by atoms with E-state index in [1.807, 2.05) is 26.8 Å². The molecule has 0 atom stereocenters. The van der Waals surface area contributed by atoms with Crippen LogP contribution in [0, 0.1) is 23.0 Å². The maximum absolute atomic E-state index is 14.2. The lowest BCUT2D eigenvalue weighted by molar-refractivity contribution is 0.0812. The number of nitrogens with zero attached hydrogens (tertiary/aromatic N) is 4. The molecule has 0 N–H and O–H groups in total. The van der Waals surface area contributed by atoms with Gasteiger partial charge in [0.2, 0.25) is 0 Å². The third-order valence-electron chi connectivity index (χ3n) is 3.47. The zero-order valence-corrected chi connectivity index (χ0v) is 14.0. The maximum atomic E-state index is 14.2. The summed E-state index contributed by atoms with van der Waals surface area (Å²) in [5.41, 5.74) is -0.115. The van der Waals surface area contributed by atoms with Gasteiger partial charge in [-0.25, -0.2) is 8.78 Å². The summed E-state index contributed by atoms with van der Waals surface area (Å²) in [6, 6.07) is 5.00. The lowest BCUT2D eigenvalue weighted by Gasteiger charge is -2.19. The van der Waals surface area contributed by atoms with E-state index in [0.717, 1.165) is 12.1 Å². The summed E-state index contributed by atoms with van der Waals surface area (Å²) in [6.07, 6.45) is 1.52. The molecule has 1 aromatic heterocycles. The summed E-state index contributed by atoms with van der Waals surface area (Å²) in [5.74, 6) is -1.96. The smallest absolute Gasteiger partial charge is 0.258 e. The zero-order chi connectivity index (χ0) is 18.1. The third-order valence-corrected chi connectivity index (χ3v) is 3.47. The largest absolute Gasteiger partial charge is 0.328 e. The lowest BCUT2D eigenvalue weighted by Crippen LogP contribution is -2.27. The molecule has 0 unspecified atom stereocenters. The Bertz CT molecular complexity index is 815. The number of carbonyl (C=O) groups excluding carboxylic acids is 1. The third kappa shape index (κ3) is 3.43. The molecule has 5 nitrogen and oxygen atoms in total. The molecular weight excluding hydrogens is 314 g/mol. The van der Waals surface area contributed by atoms with Crippen molar-refractivity contribution in [2.75, 3.05) is 13.6 Å². The Kier molecular flexibility index (Phi) is 4.69. The minimum absolute atomic E-state index is 0.0353. The highest BCUT2D eigenvalue weighted by Crippen LogP contribution is 2.28. The Morgan fingerprint density at radius 2 is 2.04 bits per heavy atom. The molecule has 0 saturated carbocycles. The van der Waals surface area contributed by atoms with Gasteiger partial charge < -0.3 is 4.90 Å². The molecule has 126 valence electrons. The highest BCUT2D eigenvalue weighted by atomic mass is 19.1. The minimum Gasteiger partial charge on any atom is -0.328 e. The molecule has 0 aliphatic heterocycles. The van der Waals surface area contributed by atoms with Gasteiger partial charge in [0, 0.05) is 24.9 Å². The van der Waals surface area contributed by atoms with E-state index in [1.54, 1.807) is 4.68 Å².